The molecular weight excluding hydrogens is 623 g/mol. The molecular formula is C32H34Cl2N4O5S. The maximum absolute atomic E-state index is 13.4. The standard InChI is InChI=1S/C32H34Cl2N4O5S/c1-17-21(14-31(40)38-11-10-30(39)29(38)15-35-19-6-7-19)18(2)36-28(17)13-23-22-12-20(8-9-27(22)37-32(23)41)44(42,43)16-24-25(33)4-3-5-26(24)34/h3-5,8-9,12-13,19,29-30,35-36,39H,6-7,10-11,14-16H2,1-2H3,(H,37,41)/t29-,30+/m1/s1. The van der Waals surface area contributed by atoms with Crippen LogP contribution in [0.1, 0.15) is 52.9 Å². The van der Waals surface area contributed by atoms with Crippen LogP contribution in [0.4, 0.5) is 5.69 Å². The van der Waals surface area contributed by atoms with Gasteiger partial charge >= 0.3 is 0 Å². The Bertz CT molecular complexity index is 1780. The monoisotopic (exact) mass is 656 g/mol. The molecule has 1 aromatic heterocycles. The summed E-state index contributed by atoms with van der Waals surface area (Å²) in [6.45, 7) is 4.88. The summed E-state index contributed by atoms with van der Waals surface area (Å²) in [5.41, 5.74) is 4.72. The van der Waals surface area contributed by atoms with E-state index in [1.165, 1.54) is 12.1 Å². The van der Waals surface area contributed by atoms with Crippen LogP contribution < -0.4 is 10.6 Å². The Kier molecular flexibility index (Phi) is 8.40. The maximum atomic E-state index is 13.4. The topological polar surface area (TPSA) is 132 Å². The van der Waals surface area contributed by atoms with Crippen molar-refractivity contribution < 1.29 is 23.1 Å². The summed E-state index contributed by atoms with van der Waals surface area (Å²) in [7, 11) is -3.85. The van der Waals surface area contributed by atoms with Gasteiger partial charge in [0.05, 0.1) is 34.8 Å². The third-order valence-electron chi connectivity index (χ3n) is 8.80. The first-order valence-electron chi connectivity index (χ1n) is 14.6. The highest BCUT2D eigenvalue weighted by atomic mass is 35.5. The first-order valence-corrected chi connectivity index (χ1v) is 17.1. The Morgan fingerprint density at radius 2 is 1.84 bits per heavy atom. The molecule has 9 nitrogen and oxygen atoms in total. The molecule has 4 N–H and O–H groups in total. The van der Waals surface area contributed by atoms with E-state index < -0.39 is 15.9 Å². The number of aromatic amines is 1. The number of hydrogen-bond acceptors (Lipinski definition) is 6. The van der Waals surface area contributed by atoms with Gasteiger partial charge in [-0.1, -0.05) is 29.3 Å². The number of carbonyl (C=O) groups is 2. The van der Waals surface area contributed by atoms with Gasteiger partial charge in [-0.25, -0.2) is 8.42 Å². The summed E-state index contributed by atoms with van der Waals surface area (Å²) in [5.74, 6) is -0.793. The number of nitrogens with one attached hydrogen (secondary N) is 3. The largest absolute Gasteiger partial charge is 0.391 e. The van der Waals surface area contributed by atoms with Crippen molar-refractivity contribution in [3.8, 4) is 0 Å². The number of aryl methyl sites for hydroxylation is 1. The number of aromatic nitrogens is 1. The Morgan fingerprint density at radius 1 is 1.11 bits per heavy atom. The average molecular weight is 658 g/mol. The van der Waals surface area contributed by atoms with E-state index in [4.69, 9.17) is 23.2 Å². The van der Waals surface area contributed by atoms with Gasteiger partial charge in [-0.05, 0) is 80.6 Å². The van der Waals surface area contributed by atoms with Gasteiger partial charge in [0, 0.05) is 57.4 Å². The first-order chi connectivity index (χ1) is 20.9. The van der Waals surface area contributed by atoms with Crippen molar-refractivity contribution in [2.45, 2.75) is 68.4 Å². The van der Waals surface area contributed by atoms with Crippen LogP contribution in [0, 0.1) is 13.8 Å². The molecule has 2 aromatic carbocycles. The fourth-order valence-corrected chi connectivity index (χ4v) is 8.16. The summed E-state index contributed by atoms with van der Waals surface area (Å²) in [5, 5.41) is 17.3. The van der Waals surface area contributed by atoms with E-state index in [1.54, 1.807) is 35.2 Å². The number of halogens is 2. The molecule has 2 amide bonds. The molecule has 3 heterocycles. The number of nitrogens with zero attached hydrogens (tertiary/aromatic N) is 1. The second kappa shape index (κ2) is 12.0. The quantitative estimate of drug-likeness (QED) is 0.248. The van der Waals surface area contributed by atoms with Gasteiger partial charge in [0.1, 0.15) is 0 Å². The summed E-state index contributed by atoms with van der Waals surface area (Å²) in [6.07, 6.45) is 4.14. The van der Waals surface area contributed by atoms with Crippen LogP contribution in [0.2, 0.25) is 10.0 Å². The molecule has 2 aliphatic heterocycles. The van der Waals surface area contributed by atoms with Crippen LogP contribution in [0.25, 0.3) is 11.6 Å². The second-order valence-corrected chi connectivity index (χ2v) is 14.6. The molecule has 0 unspecified atom stereocenters. The molecule has 0 spiro atoms. The van der Waals surface area contributed by atoms with Crippen LogP contribution in [-0.2, 0) is 31.6 Å². The summed E-state index contributed by atoms with van der Waals surface area (Å²) < 4.78 is 26.8. The molecule has 1 saturated carbocycles. The highest BCUT2D eigenvalue weighted by Crippen LogP contribution is 2.37. The Hall–Kier alpha value is -3.15. The Morgan fingerprint density at radius 3 is 2.55 bits per heavy atom. The number of aliphatic hydroxyl groups excluding tert-OH is 1. The van der Waals surface area contributed by atoms with Crippen LogP contribution in [0.5, 0.6) is 0 Å². The number of anilines is 1. The first kappa shape index (κ1) is 30.9. The minimum atomic E-state index is -3.85. The number of fused-ring (bicyclic) bond motifs is 1. The number of likely N-dealkylation sites (tertiary alicyclic amines) is 1. The van der Waals surface area contributed by atoms with E-state index in [0.29, 0.717) is 53.6 Å². The minimum Gasteiger partial charge on any atom is -0.391 e. The molecule has 3 aromatic rings. The van der Waals surface area contributed by atoms with Crippen molar-refractivity contribution in [2.75, 3.05) is 18.4 Å². The zero-order valence-corrected chi connectivity index (χ0v) is 26.7. The van der Waals surface area contributed by atoms with Crippen LogP contribution in [-0.4, -0.2) is 66.5 Å². The molecule has 0 bridgehead atoms. The third-order valence-corrected chi connectivity index (χ3v) is 11.2. The lowest BCUT2D eigenvalue weighted by atomic mass is 10.0. The molecule has 6 rings (SSSR count). The molecule has 2 fully saturated rings. The maximum Gasteiger partial charge on any atom is 0.256 e. The van der Waals surface area contributed by atoms with Crippen molar-refractivity contribution in [2.24, 2.45) is 0 Å². The summed E-state index contributed by atoms with van der Waals surface area (Å²) in [4.78, 5) is 31.6. The van der Waals surface area contributed by atoms with E-state index in [1.807, 2.05) is 13.8 Å². The lowest BCUT2D eigenvalue weighted by Crippen LogP contribution is -2.47. The van der Waals surface area contributed by atoms with Crippen molar-refractivity contribution >= 4 is 62.2 Å². The van der Waals surface area contributed by atoms with E-state index in [-0.39, 0.29) is 45.0 Å². The number of benzene rings is 2. The number of hydrogen-bond donors (Lipinski definition) is 4. The third kappa shape index (κ3) is 6.06. The predicted octanol–water partition coefficient (Wildman–Crippen LogP) is 4.66. The van der Waals surface area contributed by atoms with Crippen molar-refractivity contribution in [3.63, 3.8) is 0 Å². The molecule has 232 valence electrons. The molecule has 0 radical (unpaired) electrons. The predicted molar refractivity (Wildman–Crippen MR) is 171 cm³/mol. The van der Waals surface area contributed by atoms with Crippen LogP contribution in [0.15, 0.2) is 41.3 Å². The molecule has 12 heteroatoms. The van der Waals surface area contributed by atoms with E-state index in [2.05, 4.69) is 15.6 Å². The normalized spacial score (nSPS) is 20.8. The van der Waals surface area contributed by atoms with Crippen molar-refractivity contribution in [1.82, 2.24) is 15.2 Å². The van der Waals surface area contributed by atoms with Crippen molar-refractivity contribution in [1.29, 1.82) is 0 Å². The number of carbonyl (C=O) groups excluding carboxylic acids is 2. The van der Waals surface area contributed by atoms with Gasteiger partial charge < -0.3 is 25.6 Å². The SMILES string of the molecule is Cc1[nH]c(C=C2C(=O)Nc3ccc(S(=O)(=O)Cc4c(Cl)cccc4Cl)cc32)c(C)c1CC(=O)N1CC[C@H](O)[C@H]1CNC1CC1. The van der Waals surface area contributed by atoms with Gasteiger partial charge in [-0.3, -0.25) is 9.59 Å². The van der Waals surface area contributed by atoms with Gasteiger partial charge in [0.2, 0.25) is 5.91 Å². The van der Waals surface area contributed by atoms with Gasteiger partial charge in [-0.15, -0.1) is 0 Å². The van der Waals surface area contributed by atoms with Gasteiger partial charge in [0.15, 0.2) is 9.84 Å². The van der Waals surface area contributed by atoms with Crippen molar-refractivity contribution in [3.05, 3.63) is 80.1 Å². The molecule has 3 aliphatic rings. The number of rotatable bonds is 9. The fourth-order valence-electron chi connectivity index (χ4n) is 6.04. The Labute approximate surface area is 266 Å². The molecule has 44 heavy (non-hydrogen) atoms. The minimum absolute atomic E-state index is 0.0406. The zero-order valence-electron chi connectivity index (χ0n) is 24.4. The average Bonchev–Trinajstić information content (AvgIpc) is 3.58. The smallest absolute Gasteiger partial charge is 0.256 e. The lowest BCUT2D eigenvalue weighted by Gasteiger charge is -2.27. The van der Waals surface area contributed by atoms with E-state index in [9.17, 15) is 23.1 Å². The van der Waals surface area contributed by atoms with Gasteiger partial charge in [0.25, 0.3) is 5.91 Å². The highest BCUT2D eigenvalue weighted by molar-refractivity contribution is 7.90. The highest BCUT2D eigenvalue weighted by Gasteiger charge is 2.37. The van der Waals surface area contributed by atoms with Gasteiger partial charge in [-0.2, -0.15) is 0 Å². The molecule has 1 aliphatic carbocycles. The van der Waals surface area contributed by atoms with E-state index >= 15 is 0 Å². The fraction of sp³-hybridized carbons (Fsp3) is 0.375. The lowest BCUT2D eigenvalue weighted by molar-refractivity contribution is -0.132. The second-order valence-electron chi connectivity index (χ2n) is 11.8. The van der Waals surface area contributed by atoms with E-state index in [0.717, 1.165) is 29.7 Å². The molecule has 1 saturated heterocycles. The molecule has 2 atom stereocenters. The number of amides is 2. The number of aliphatic hydroxyl groups is 1. The zero-order chi connectivity index (χ0) is 31.3. The number of sulfone groups is 1. The Balaban J connectivity index is 1.25. The summed E-state index contributed by atoms with van der Waals surface area (Å²) in [6, 6.07) is 9.59. The van der Waals surface area contributed by atoms with Crippen LogP contribution >= 0.6 is 23.2 Å². The summed E-state index contributed by atoms with van der Waals surface area (Å²) >= 11 is 12.5. The van der Waals surface area contributed by atoms with Crippen LogP contribution in [0.3, 0.4) is 0 Å². The number of H-pyrrole nitrogens is 1.